The summed E-state index contributed by atoms with van der Waals surface area (Å²) >= 11 is 0. The summed E-state index contributed by atoms with van der Waals surface area (Å²) in [4.78, 5) is 48.7. The van der Waals surface area contributed by atoms with E-state index in [1.165, 1.54) is 6.92 Å². The highest BCUT2D eigenvalue weighted by atomic mass is 16.5. The smallest absolute Gasteiger partial charge is 0.254 e. The highest BCUT2D eigenvalue weighted by molar-refractivity contribution is 5.94. The number of amides is 2. The van der Waals surface area contributed by atoms with E-state index < -0.39 is 0 Å². The van der Waals surface area contributed by atoms with E-state index in [0.29, 0.717) is 61.9 Å². The number of rotatable bonds is 5. The molecular formula is C23H28N4O4. The second-order valence-corrected chi connectivity index (χ2v) is 8.06. The van der Waals surface area contributed by atoms with Gasteiger partial charge in [0.25, 0.3) is 11.5 Å². The molecule has 0 spiro atoms. The second kappa shape index (κ2) is 9.01. The number of carbonyl (C=O) groups excluding carboxylic acids is 2. The Kier molecular flexibility index (Phi) is 6.18. The Morgan fingerprint density at radius 1 is 1.23 bits per heavy atom. The van der Waals surface area contributed by atoms with Gasteiger partial charge in [-0.25, -0.2) is 4.98 Å². The predicted octanol–water partition coefficient (Wildman–Crippen LogP) is 2.19. The van der Waals surface area contributed by atoms with E-state index in [2.05, 4.69) is 4.98 Å². The molecule has 2 amide bonds. The summed E-state index contributed by atoms with van der Waals surface area (Å²) in [5.41, 5.74) is 2.74. The summed E-state index contributed by atoms with van der Waals surface area (Å²) in [6.07, 6.45) is 2.09. The van der Waals surface area contributed by atoms with Crippen molar-refractivity contribution in [1.82, 2.24) is 19.8 Å². The minimum absolute atomic E-state index is 0.0280. The first-order valence-electron chi connectivity index (χ1n) is 10.8. The molecule has 31 heavy (non-hydrogen) atoms. The van der Waals surface area contributed by atoms with Crippen molar-refractivity contribution in [1.29, 1.82) is 0 Å². The molecule has 0 unspecified atom stereocenters. The van der Waals surface area contributed by atoms with Crippen LogP contribution in [-0.2, 0) is 29.1 Å². The number of hydrogen-bond acceptors (Lipinski definition) is 5. The molecule has 1 N–H and O–H groups in total. The lowest BCUT2D eigenvalue weighted by Crippen LogP contribution is -2.39. The normalized spacial score (nSPS) is 18.2. The summed E-state index contributed by atoms with van der Waals surface area (Å²) in [6.45, 7) is 6.12. The number of hydrogen-bond donors (Lipinski definition) is 1. The monoisotopic (exact) mass is 424 g/mol. The largest absolute Gasteiger partial charge is 0.377 e. The average Bonchev–Trinajstić information content (AvgIpc) is 3.27. The summed E-state index contributed by atoms with van der Waals surface area (Å²) in [5.74, 6) is 0.406. The molecule has 8 nitrogen and oxygen atoms in total. The number of aromatic nitrogens is 2. The Labute approximate surface area is 181 Å². The van der Waals surface area contributed by atoms with E-state index in [1.807, 2.05) is 31.2 Å². The minimum Gasteiger partial charge on any atom is -0.377 e. The molecule has 164 valence electrons. The Balaban J connectivity index is 1.56. The van der Waals surface area contributed by atoms with Gasteiger partial charge in [-0.05, 0) is 43.9 Å². The molecule has 0 saturated carbocycles. The molecule has 1 saturated heterocycles. The van der Waals surface area contributed by atoms with Crippen LogP contribution >= 0.6 is 0 Å². The molecule has 3 heterocycles. The van der Waals surface area contributed by atoms with E-state index in [4.69, 9.17) is 9.72 Å². The van der Waals surface area contributed by atoms with Crippen LogP contribution in [0.25, 0.3) is 0 Å². The Morgan fingerprint density at radius 2 is 2.00 bits per heavy atom. The van der Waals surface area contributed by atoms with Crippen LogP contribution in [-0.4, -0.2) is 51.3 Å². The van der Waals surface area contributed by atoms with Crippen LogP contribution in [0.15, 0.2) is 29.1 Å². The summed E-state index contributed by atoms with van der Waals surface area (Å²) in [5, 5.41) is 0. The van der Waals surface area contributed by atoms with E-state index in [0.717, 1.165) is 18.4 Å². The lowest BCUT2D eigenvalue weighted by molar-refractivity contribution is -0.129. The molecule has 1 atom stereocenters. The van der Waals surface area contributed by atoms with Gasteiger partial charge in [0.05, 0.1) is 24.9 Å². The number of H-pyrrole nitrogens is 1. The van der Waals surface area contributed by atoms with Crippen LogP contribution in [0.5, 0.6) is 0 Å². The lowest BCUT2D eigenvalue weighted by atomic mass is 10.1. The van der Waals surface area contributed by atoms with Gasteiger partial charge < -0.3 is 19.5 Å². The molecule has 0 aliphatic carbocycles. The van der Waals surface area contributed by atoms with Crippen molar-refractivity contribution in [3.8, 4) is 0 Å². The van der Waals surface area contributed by atoms with E-state index in [9.17, 15) is 14.4 Å². The van der Waals surface area contributed by atoms with Crippen molar-refractivity contribution in [2.75, 3.05) is 19.7 Å². The fraction of sp³-hybridized carbons (Fsp3) is 0.478. The number of nitrogens with zero attached hydrogens (tertiary/aromatic N) is 3. The van der Waals surface area contributed by atoms with Gasteiger partial charge >= 0.3 is 0 Å². The fourth-order valence-electron chi connectivity index (χ4n) is 4.31. The topological polar surface area (TPSA) is 95.6 Å². The van der Waals surface area contributed by atoms with Crippen LogP contribution in [0.4, 0.5) is 0 Å². The number of nitrogens with one attached hydrogen (secondary N) is 1. The van der Waals surface area contributed by atoms with E-state index in [1.54, 1.807) is 9.80 Å². The molecular weight excluding hydrogens is 396 g/mol. The maximum atomic E-state index is 13.2. The van der Waals surface area contributed by atoms with E-state index >= 15 is 0 Å². The van der Waals surface area contributed by atoms with Crippen LogP contribution in [0.1, 0.15) is 65.7 Å². The maximum absolute atomic E-state index is 13.2. The minimum atomic E-state index is -0.277. The zero-order valence-electron chi connectivity index (χ0n) is 18.0. The average molecular weight is 425 g/mol. The van der Waals surface area contributed by atoms with Gasteiger partial charge in [0, 0.05) is 37.7 Å². The molecule has 1 aromatic carbocycles. The molecule has 2 aliphatic rings. The number of carbonyl (C=O) groups is 2. The number of fused-ring (bicyclic) bond motifs is 1. The molecule has 1 aromatic heterocycles. The van der Waals surface area contributed by atoms with Crippen molar-refractivity contribution in [2.45, 2.75) is 52.3 Å². The van der Waals surface area contributed by atoms with Gasteiger partial charge in [-0.3, -0.25) is 14.4 Å². The Morgan fingerprint density at radius 3 is 2.71 bits per heavy atom. The Bertz CT molecular complexity index is 1030. The van der Waals surface area contributed by atoms with Crippen molar-refractivity contribution in [3.63, 3.8) is 0 Å². The summed E-state index contributed by atoms with van der Waals surface area (Å²) < 4.78 is 5.41. The molecule has 8 heteroatoms. The fourth-order valence-corrected chi connectivity index (χ4v) is 4.31. The second-order valence-electron chi connectivity index (χ2n) is 8.06. The quantitative estimate of drug-likeness (QED) is 0.794. The molecule has 2 aliphatic heterocycles. The molecule has 1 fully saturated rings. The third kappa shape index (κ3) is 4.39. The first-order chi connectivity index (χ1) is 15.0. The van der Waals surface area contributed by atoms with Crippen LogP contribution < -0.4 is 5.56 Å². The highest BCUT2D eigenvalue weighted by Gasteiger charge is 2.33. The zero-order chi connectivity index (χ0) is 22.0. The van der Waals surface area contributed by atoms with Gasteiger partial charge in [0.2, 0.25) is 5.91 Å². The van der Waals surface area contributed by atoms with E-state index in [-0.39, 0.29) is 23.4 Å². The van der Waals surface area contributed by atoms with Crippen LogP contribution in [0.2, 0.25) is 0 Å². The van der Waals surface area contributed by atoms with Crippen molar-refractivity contribution in [3.05, 3.63) is 62.8 Å². The molecule has 2 aromatic rings. The first kappa shape index (κ1) is 21.2. The third-order valence-corrected chi connectivity index (χ3v) is 6.04. The number of aromatic amines is 1. The summed E-state index contributed by atoms with van der Waals surface area (Å²) in [7, 11) is 0. The standard InChI is InChI=1S/C23H28N4O4/c1-3-31-14-16-6-8-17(9-7-16)23(30)27-11-4-5-20(27)21-24-19-13-26(15(2)28)12-10-18(19)22(29)25-21/h6-9,20H,3-5,10-14H2,1-2H3,(H,24,25,29)/t20-/m0/s1. The van der Waals surface area contributed by atoms with Crippen molar-refractivity contribution >= 4 is 11.8 Å². The van der Waals surface area contributed by atoms with Gasteiger partial charge in [0.1, 0.15) is 5.82 Å². The van der Waals surface area contributed by atoms with Gasteiger partial charge in [-0.1, -0.05) is 12.1 Å². The van der Waals surface area contributed by atoms with Gasteiger partial charge in [0.15, 0.2) is 0 Å². The maximum Gasteiger partial charge on any atom is 0.254 e. The lowest BCUT2D eigenvalue weighted by Gasteiger charge is -2.29. The predicted molar refractivity (Wildman–Crippen MR) is 114 cm³/mol. The number of likely N-dealkylation sites (tertiary alicyclic amines) is 1. The van der Waals surface area contributed by atoms with Gasteiger partial charge in [-0.15, -0.1) is 0 Å². The summed E-state index contributed by atoms with van der Waals surface area (Å²) in [6, 6.07) is 7.17. The van der Waals surface area contributed by atoms with Crippen LogP contribution in [0, 0.1) is 0 Å². The molecule has 0 bridgehead atoms. The van der Waals surface area contributed by atoms with Crippen molar-refractivity contribution < 1.29 is 14.3 Å². The first-order valence-corrected chi connectivity index (χ1v) is 10.8. The highest BCUT2D eigenvalue weighted by Crippen LogP contribution is 2.31. The number of benzene rings is 1. The molecule has 4 rings (SSSR count). The number of ether oxygens (including phenoxy) is 1. The molecule has 0 radical (unpaired) electrons. The SMILES string of the molecule is CCOCc1ccc(C(=O)N2CCC[C@H]2c2nc3c(c(=O)[nH]2)CCN(C(C)=O)C3)cc1. The van der Waals surface area contributed by atoms with Crippen molar-refractivity contribution in [2.24, 2.45) is 0 Å². The zero-order valence-corrected chi connectivity index (χ0v) is 18.0. The third-order valence-electron chi connectivity index (χ3n) is 6.04. The van der Waals surface area contributed by atoms with Crippen LogP contribution in [0.3, 0.4) is 0 Å². The van der Waals surface area contributed by atoms with Gasteiger partial charge in [-0.2, -0.15) is 0 Å². The Hall–Kier alpha value is -3.00.